The standard InChI is InChI=1S/C31H35N7O7S/c1-2-3-4-7-12-32-31(42)36-25-21-26(34-15-33-25)38(16-35-21)28-24-22(23(43-28)27(39)37-13-8-10-19(37)29(40)41)44-30(45-24)18-14-46-20-11-6-5-9-17(18)20/h5-6,9,11,14-16,19,22-24,28,30H,2-4,7-8,10,12-13H2,1H3,(H,40,41)(H2,32,33,34,36,42). The van der Waals surface area contributed by atoms with Crippen LogP contribution in [-0.2, 0) is 23.8 Å². The largest absolute Gasteiger partial charge is 0.480 e. The third-order valence-electron chi connectivity index (χ3n) is 8.76. The number of ether oxygens (including phenoxy) is 3. The summed E-state index contributed by atoms with van der Waals surface area (Å²) in [5.74, 6) is -1.28. The van der Waals surface area contributed by atoms with E-state index in [0.717, 1.165) is 41.3 Å². The number of hydrogen-bond acceptors (Lipinski definition) is 10. The first kappa shape index (κ1) is 30.5. The third kappa shape index (κ3) is 5.57. The van der Waals surface area contributed by atoms with E-state index < -0.39 is 54.8 Å². The van der Waals surface area contributed by atoms with E-state index in [1.807, 2.05) is 29.6 Å². The van der Waals surface area contributed by atoms with Crippen LogP contribution in [-0.4, -0.2) is 84.9 Å². The van der Waals surface area contributed by atoms with Gasteiger partial charge in [-0.05, 0) is 25.3 Å². The lowest BCUT2D eigenvalue weighted by Crippen LogP contribution is -2.49. The average Bonchev–Trinajstić information content (AvgIpc) is 3.88. The van der Waals surface area contributed by atoms with Crippen LogP contribution in [0.15, 0.2) is 42.3 Å². The molecule has 4 aromatic rings. The summed E-state index contributed by atoms with van der Waals surface area (Å²) < 4.78 is 22.0. The molecule has 3 saturated heterocycles. The predicted octanol–water partition coefficient (Wildman–Crippen LogP) is 4.20. The van der Waals surface area contributed by atoms with Crippen LogP contribution in [0.3, 0.4) is 0 Å². The van der Waals surface area contributed by atoms with Crippen molar-refractivity contribution in [1.82, 2.24) is 29.7 Å². The molecule has 46 heavy (non-hydrogen) atoms. The molecule has 14 nitrogen and oxygen atoms in total. The molecule has 3 aliphatic heterocycles. The lowest BCUT2D eigenvalue weighted by molar-refractivity contribution is -0.171. The Hall–Kier alpha value is -4.18. The average molecular weight is 650 g/mol. The monoisotopic (exact) mass is 649 g/mol. The molecule has 242 valence electrons. The number of likely N-dealkylation sites (tertiary alicyclic amines) is 1. The summed E-state index contributed by atoms with van der Waals surface area (Å²) in [6.45, 7) is 2.99. The molecule has 3 aliphatic rings. The summed E-state index contributed by atoms with van der Waals surface area (Å²) in [4.78, 5) is 53.0. The first-order valence-corrected chi connectivity index (χ1v) is 16.5. The number of amides is 3. The number of aliphatic carboxylic acids is 1. The molecule has 3 fully saturated rings. The maximum absolute atomic E-state index is 13.9. The van der Waals surface area contributed by atoms with Crippen LogP contribution >= 0.6 is 11.3 Å². The minimum absolute atomic E-state index is 0.226. The van der Waals surface area contributed by atoms with E-state index in [0.29, 0.717) is 37.1 Å². The van der Waals surface area contributed by atoms with E-state index in [1.54, 1.807) is 15.9 Å². The Labute approximate surface area is 268 Å². The van der Waals surface area contributed by atoms with Gasteiger partial charge in [-0.15, -0.1) is 11.3 Å². The van der Waals surface area contributed by atoms with Gasteiger partial charge in [0.15, 0.2) is 35.6 Å². The number of nitrogens with zero attached hydrogens (tertiary/aromatic N) is 5. The second kappa shape index (κ2) is 12.9. The SMILES string of the molecule is CCCCCCNC(=O)Nc1ncnc2c1ncn2C1OC(C(=O)N2CCCC2C(=O)O)C2OC(c3csc4ccccc34)OC21. The van der Waals surface area contributed by atoms with Gasteiger partial charge in [-0.25, -0.2) is 24.5 Å². The Balaban J connectivity index is 1.17. The molecule has 6 unspecified atom stereocenters. The fourth-order valence-electron chi connectivity index (χ4n) is 6.49. The molecule has 3 aromatic heterocycles. The van der Waals surface area contributed by atoms with Crippen LogP contribution < -0.4 is 10.6 Å². The molecule has 3 amide bonds. The van der Waals surface area contributed by atoms with Gasteiger partial charge in [0, 0.05) is 34.1 Å². The molecule has 0 aliphatic carbocycles. The Bertz CT molecular complexity index is 1760. The number of rotatable bonds is 10. The molecule has 6 heterocycles. The van der Waals surface area contributed by atoms with Crippen LogP contribution in [0.2, 0.25) is 0 Å². The molecule has 0 saturated carbocycles. The van der Waals surface area contributed by atoms with Gasteiger partial charge in [-0.1, -0.05) is 44.4 Å². The number of nitrogens with one attached hydrogen (secondary N) is 2. The zero-order valence-electron chi connectivity index (χ0n) is 25.2. The lowest BCUT2D eigenvalue weighted by Gasteiger charge is -2.27. The number of carbonyl (C=O) groups excluding carboxylic acids is 2. The zero-order valence-corrected chi connectivity index (χ0v) is 26.0. The normalized spacial score (nSPS) is 25.7. The van der Waals surface area contributed by atoms with E-state index in [4.69, 9.17) is 14.2 Å². The van der Waals surface area contributed by atoms with Crippen molar-refractivity contribution >= 4 is 56.3 Å². The molecule has 3 N–H and O–H groups in total. The van der Waals surface area contributed by atoms with E-state index >= 15 is 0 Å². The van der Waals surface area contributed by atoms with Gasteiger partial charge in [-0.3, -0.25) is 14.7 Å². The second-order valence-electron chi connectivity index (χ2n) is 11.7. The highest BCUT2D eigenvalue weighted by Gasteiger charge is 2.58. The van der Waals surface area contributed by atoms with Gasteiger partial charge < -0.3 is 29.5 Å². The smallest absolute Gasteiger partial charge is 0.326 e. The molecule has 0 radical (unpaired) electrons. The summed E-state index contributed by atoms with van der Waals surface area (Å²) in [6, 6.07) is 6.60. The lowest BCUT2D eigenvalue weighted by atomic mass is 10.1. The highest BCUT2D eigenvalue weighted by Crippen LogP contribution is 2.47. The molecular weight excluding hydrogens is 614 g/mol. The van der Waals surface area contributed by atoms with Gasteiger partial charge in [0.25, 0.3) is 5.91 Å². The molecule has 0 spiro atoms. The number of anilines is 1. The molecular formula is C31H35N7O7S. The van der Waals surface area contributed by atoms with E-state index in [-0.39, 0.29) is 5.82 Å². The summed E-state index contributed by atoms with van der Waals surface area (Å²) in [7, 11) is 0. The number of fused-ring (bicyclic) bond motifs is 3. The fourth-order valence-corrected chi connectivity index (χ4v) is 7.45. The summed E-state index contributed by atoms with van der Waals surface area (Å²) in [6.07, 6.45) is 3.56. The van der Waals surface area contributed by atoms with Crippen LogP contribution in [0, 0.1) is 0 Å². The van der Waals surface area contributed by atoms with Crippen molar-refractivity contribution in [2.75, 3.05) is 18.4 Å². The molecule has 7 rings (SSSR count). The van der Waals surface area contributed by atoms with Gasteiger partial charge in [0.05, 0.1) is 6.33 Å². The maximum Gasteiger partial charge on any atom is 0.326 e. The molecule has 0 bridgehead atoms. The minimum atomic E-state index is -1.12. The van der Waals surface area contributed by atoms with Gasteiger partial charge in [0.2, 0.25) is 0 Å². The topological polar surface area (TPSA) is 170 Å². The number of aromatic nitrogens is 4. The van der Waals surface area contributed by atoms with Crippen LogP contribution in [0.5, 0.6) is 0 Å². The number of benzene rings is 1. The van der Waals surface area contributed by atoms with Gasteiger partial charge in [-0.2, -0.15) is 0 Å². The number of unbranched alkanes of at least 4 members (excludes halogenated alkanes) is 3. The number of hydrogen-bond donors (Lipinski definition) is 3. The molecule has 15 heteroatoms. The quantitative estimate of drug-likeness (QED) is 0.212. The number of urea groups is 1. The van der Waals surface area contributed by atoms with Crippen LogP contribution in [0.1, 0.15) is 63.5 Å². The van der Waals surface area contributed by atoms with Crippen molar-refractivity contribution in [2.45, 2.75) is 82.3 Å². The molecule has 1 aromatic carbocycles. The van der Waals surface area contributed by atoms with Crippen molar-refractivity contribution in [3.05, 3.63) is 47.9 Å². The van der Waals surface area contributed by atoms with E-state index in [2.05, 4.69) is 32.5 Å². The summed E-state index contributed by atoms with van der Waals surface area (Å²) in [5, 5.41) is 18.3. The number of carboxylic acid groups (broad SMARTS) is 1. The Morgan fingerprint density at radius 2 is 1.91 bits per heavy atom. The number of carbonyl (C=O) groups is 3. The number of imidazole rings is 1. The van der Waals surface area contributed by atoms with Crippen molar-refractivity contribution in [3.63, 3.8) is 0 Å². The third-order valence-corrected chi connectivity index (χ3v) is 9.74. The van der Waals surface area contributed by atoms with E-state index in [9.17, 15) is 19.5 Å². The van der Waals surface area contributed by atoms with Gasteiger partial charge >= 0.3 is 12.0 Å². The van der Waals surface area contributed by atoms with Crippen molar-refractivity contribution < 1.29 is 33.7 Å². The Kier molecular flexibility index (Phi) is 8.55. The molecule has 6 atom stereocenters. The number of carboxylic acids is 1. The Morgan fingerprint density at radius 3 is 2.76 bits per heavy atom. The van der Waals surface area contributed by atoms with Crippen molar-refractivity contribution in [2.24, 2.45) is 0 Å². The minimum Gasteiger partial charge on any atom is -0.480 e. The predicted molar refractivity (Wildman–Crippen MR) is 167 cm³/mol. The maximum atomic E-state index is 13.9. The van der Waals surface area contributed by atoms with Crippen LogP contribution in [0.25, 0.3) is 21.3 Å². The first-order valence-electron chi connectivity index (χ1n) is 15.6. The second-order valence-corrected chi connectivity index (χ2v) is 12.6. The van der Waals surface area contributed by atoms with Crippen molar-refractivity contribution in [3.8, 4) is 0 Å². The highest BCUT2D eigenvalue weighted by molar-refractivity contribution is 7.17. The Morgan fingerprint density at radius 1 is 1.07 bits per heavy atom. The highest BCUT2D eigenvalue weighted by atomic mass is 32.1. The van der Waals surface area contributed by atoms with E-state index in [1.165, 1.54) is 17.6 Å². The fraction of sp³-hybridized carbons (Fsp3) is 0.484. The number of thiophene rings is 1. The zero-order chi connectivity index (χ0) is 31.8. The van der Waals surface area contributed by atoms with Crippen LogP contribution in [0.4, 0.5) is 10.6 Å². The summed E-state index contributed by atoms with van der Waals surface area (Å²) in [5.41, 5.74) is 1.54. The first-order chi connectivity index (χ1) is 22.4. The van der Waals surface area contributed by atoms with Gasteiger partial charge in [0.1, 0.15) is 24.6 Å². The van der Waals surface area contributed by atoms with Crippen molar-refractivity contribution in [1.29, 1.82) is 0 Å². The summed E-state index contributed by atoms with van der Waals surface area (Å²) >= 11 is 1.57.